The summed E-state index contributed by atoms with van der Waals surface area (Å²) in [6.45, 7) is 10.7. The average molecular weight is 210 g/mol. The van der Waals surface area contributed by atoms with Crippen LogP contribution < -0.4 is 5.32 Å². The number of piperazine rings is 1. The summed E-state index contributed by atoms with van der Waals surface area (Å²) in [6, 6.07) is 0.877. The van der Waals surface area contributed by atoms with Crippen LogP contribution >= 0.6 is 0 Å². The quantitative estimate of drug-likeness (QED) is 0.714. The van der Waals surface area contributed by atoms with Gasteiger partial charge in [0, 0.05) is 31.2 Å². The van der Waals surface area contributed by atoms with Gasteiger partial charge in [-0.05, 0) is 45.4 Å². The molecule has 2 rings (SSSR count). The second kappa shape index (κ2) is 4.42. The molecule has 15 heavy (non-hydrogen) atoms. The number of nitrogens with one attached hydrogen (secondary N) is 1. The smallest absolute Gasteiger partial charge is 0.0252 e. The standard InChI is InChI=1S/C13H26N2/c1-11-4-6-12(7-5-11)15-9-8-14-13(2,3)10-15/h11-12,14H,4-10H2,1-3H3. The molecule has 1 heterocycles. The average Bonchev–Trinajstić information content (AvgIpc) is 2.17. The van der Waals surface area contributed by atoms with E-state index < -0.39 is 0 Å². The van der Waals surface area contributed by atoms with Crippen LogP contribution in [0.5, 0.6) is 0 Å². The molecule has 0 amide bonds. The highest BCUT2D eigenvalue weighted by molar-refractivity contribution is 4.90. The molecule has 2 aliphatic rings. The van der Waals surface area contributed by atoms with Crippen molar-refractivity contribution < 1.29 is 0 Å². The van der Waals surface area contributed by atoms with Gasteiger partial charge in [0.25, 0.3) is 0 Å². The molecule has 0 radical (unpaired) electrons. The van der Waals surface area contributed by atoms with E-state index >= 15 is 0 Å². The highest BCUT2D eigenvalue weighted by Crippen LogP contribution is 2.28. The van der Waals surface area contributed by atoms with Gasteiger partial charge >= 0.3 is 0 Å². The normalized spacial score (nSPS) is 37.8. The van der Waals surface area contributed by atoms with Crippen LogP contribution in [0.1, 0.15) is 46.5 Å². The van der Waals surface area contributed by atoms with E-state index in [-0.39, 0.29) is 0 Å². The van der Waals surface area contributed by atoms with Crippen molar-refractivity contribution in [2.75, 3.05) is 19.6 Å². The Hall–Kier alpha value is -0.0800. The van der Waals surface area contributed by atoms with Crippen LogP contribution in [0.4, 0.5) is 0 Å². The third-order valence-electron chi connectivity index (χ3n) is 4.10. The van der Waals surface area contributed by atoms with Gasteiger partial charge in [-0.1, -0.05) is 6.92 Å². The van der Waals surface area contributed by atoms with Crippen LogP contribution in [-0.4, -0.2) is 36.1 Å². The first kappa shape index (κ1) is 11.4. The lowest BCUT2D eigenvalue weighted by molar-refractivity contribution is 0.0797. The predicted molar refractivity (Wildman–Crippen MR) is 65.1 cm³/mol. The molecule has 0 aromatic carbocycles. The molecule has 1 saturated heterocycles. The molecule has 0 atom stereocenters. The molecule has 1 aliphatic carbocycles. The third-order valence-corrected chi connectivity index (χ3v) is 4.10. The van der Waals surface area contributed by atoms with Gasteiger partial charge in [-0.3, -0.25) is 4.90 Å². The van der Waals surface area contributed by atoms with Crippen LogP contribution in [0.15, 0.2) is 0 Å². The van der Waals surface area contributed by atoms with Crippen molar-refractivity contribution in [2.24, 2.45) is 5.92 Å². The van der Waals surface area contributed by atoms with E-state index in [2.05, 4.69) is 31.0 Å². The summed E-state index contributed by atoms with van der Waals surface area (Å²) in [5.41, 5.74) is 0.321. The van der Waals surface area contributed by atoms with Crippen LogP contribution in [0.25, 0.3) is 0 Å². The van der Waals surface area contributed by atoms with Gasteiger partial charge in [0.1, 0.15) is 0 Å². The van der Waals surface area contributed by atoms with Gasteiger partial charge < -0.3 is 5.32 Å². The molecule has 0 spiro atoms. The van der Waals surface area contributed by atoms with Gasteiger partial charge in [-0.15, -0.1) is 0 Å². The Bertz CT molecular complexity index is 205. The Morgan fingerprint density at radius 1 is 1.13 bits per heavy atom. The van der Waals surface area contributed by atoms with Crippen molar-refractivity contribution in [1.82, 2.24) is 10.2 Å². The highest BCUT2D eigenvalue weighted by Gasteiger charge is 2.31. The molecule has 1 N–H and O–H groups in total. The van der Waals surface area contributed by atoms with Crippen LogP contribution in [-0.2, 0) is 0 Å². The minimum absolute atomic E-state index is 0.321. The van der Waals surface area contributed by atoms with Gasteiger partial charge in [-0.25, -0.2) is 0 Å². The Kier molecular flexibility index (Phi) is 3.36. The molecule has 88 valence electrons. The minimum atomic E-state index is 0.321. The fraction of sp³-hybridized carbons (Fsp3) is 1.00. The zero-order chi connectivity index (χ0) is 10.9. The Morgan fingerprint density at radius 2 is 1.80 bits per heavy atom. The van der Waals surface area contributed by atoms with Gasteiger partial charge in [-0.2, -0.15) is 0 Å². The molecule has 2 fully saturated rings. The predicted octanol–water partition coefficient (Wildman–Crippen LogP) is 2.25. The Balaban J connectivity index is 1.88. The molecular weight excluding hydrogens is 184 g/mol. The van der Waals surface area contributed by atoms with Crippen molar-refractivity contribution in [3.63, 3.8) is 0 Å². The maximum Gasteiger partial charge on any atom is 0.0252 e. The molecule has 2 nitrogen and oxygen atoms in total. The molecule has 0 aromatic heterocycles. The fourth-order valence-corrected chi connectivity index (χ4v) is 3.10. The van der Waals surface area contributed by atoms with Crippen molar-refractivity contribution >= 4 is 0 Å². The first-order valence-corrected chi connectivity index (χ1v) is 6.56. The number of rotatable bonds is 1. The summed E-state index contributed by atoms with van der Waals surface area (Å²) in [7, 11) is 0. The van der Waals surface area contributed by atoms with Gasteiger partial charge in [0.05, 0.1) is 0 Å². The third kappa shape index (κ3) is 2.94. The Morgan fingerprint density at radius 3 is 2.40 bits per heavy atom. The topological polar surface area (TPSA) is 15.3 Å². The molecule has 0 bridgehead atoms. The van der Waals surface area contributed by atoms with E-state index in [0.29, 0.717) is 5.54 Å². The van der Waals surface area contributed by atoms with Crippen LogP contribution in [0.2, 0.25) is 0 Å². The maximum absolute atomic E-state index is 3.59. The molecule has 0 unspecified atom stereocenters. The summed E-state index contributed by atoms with van der Waals surface area (Å²) < 4.78 is 0. The van der Waals surface area contributed by atoms with E-state index in [4.69, 9.17) is 0 Å². The highest BCUT2D eigenvalue weighted by atomic mass is 15.2. The summed E-state index contributed by atoms with van der Waals surface area (Å²) in [5.74, 6) is 0.970. The first-order chi connectivity index (χ1) is 7.07. The molecule has 1 saturated carbocycles. The van der Waals surface area contributed by atoms with Gasteiger partial charge in [0.2, 0.25) is 0 Å². The van der Waals surface area contributed by atoms with Crippen LogP contribution in [0.3, 0.4) is 0 Å². The molecular formula is C13H26N2. The molecule has 1 aliphatic heterocycles. The van der Waals surface area contributed by atoms with Gasteiger partial charge in [0.15, 0.2) is 0 Å². The zero-order valence-electron chi connectivity index (χ0n) is 10.6. The van der Waals surface area contributed by atoms with Crippen molar-refractivity contribution in [3.8, 4) is 0 Å². The van der Waals surface area contributed by atoms with Crippen molar-refractivity contribution in [3.05, 3.63) is 0 Å². The number of hydrogen-bond acceptors (Lipinski definition) is 2. The van der Waals surface area contributed by atoms with Crippen LogP contribution in [0, 0.1) is 5.92 Å². The molecule has 2 heteroatoms. The monoisotopic (exact) mass is 210 g/mol. The summed E-state index contributed by atoms with van der Waals surface area (Å²) in [6.07, 6.45) is 5.73. The van der Waals surface area contributed by atoms with Crippen molar-refractivity contribution in [1.29, 1.82) is 0 Å². The largest absolute Gasteiger partial charge is 0.309 e. The van der Waals surface area contributed by atoms with Crippen molar-refractivity contribution in [2.45, 2.75) is 58.0 Å². The number of nitrogens with zero attached hydrogens (tertiary/aromatic N) is 1. The lowest BCUT2D eigenvalue weighted by Gasteiger charge is -2.44. The summed E-state index contributed by atoms with van der Waals surface area (Å²) in [5, 5.41) is 3.59. The summed E-state index contributed by atoms with van der Waals surface area (Å²) in [4.78, 5) is 2.72. The van der Waals surface area contributed by atoms with E-state index in [0.717, 1.165) is 12.0 Å². The SMILES string of the molecule is CC1CCC(N2CCNC(C)(C)C2)CC1. The van der Waals surface area contributed by atoms with E-state index in [1.807, 2.05) is 0 Å². The lowest BCUT2D eigenvalue weighted by atomic mass is 9.85. The fourth-order valence-electron chi connectivity index (χ4n) is 3.10. The first-order valence-electron chi connectivity index (χ1n) is 6.56. The lowest BCUT2D eigenvalue weighted by Crippen LogP contribution is -2.59. The summed E-state index contributed by atoms with van der Waals surface area (Å²) >= 11 is 0. The second-order valence-electron chi connectivity index (χ2n) is 6.19. The van der Waals surface area contributed by atoms with E-state index in [1.54, 1.807) is 0 Å². The molecule has 0 aromatic rings. The maximum atomic E-state index is 3.59. The Labute approximate surface area is 94.4 Å². The minimum Gasteiger partial charge on any atom is -0.309 e. The number of hydrogen-bond donors (Lipinski definition) is 1. The zero-order valence-corrected chi connectivity index (χ0v) is 10.6. The van der Waals surface area contributed by atoms with E-state index in [9.17, 15) is 0 Å². The van der Waals surface area contributed by atoms with E-state index in [1.165, 1.54) is 45.3 Å². The second-order valence-corrected chi connectivity index (χ2v) is 6.19.